The number of carbonyl (C=O) groups is 1. The number of hydrogen-bond acceptors (Lipinski definition) is 4. The first-order valence-electron chi connectivity index (χ1n) is 5.20. The first-order valence-corrected chi connectivity index (χ1v) is 6.08. The van der Waals surface area contributed by atoms with Crippen molar-refractivity contribution in [3.63, 3.8) is 0 Å². The quantitative estimate of drug-likeness (QED) is 0.698. The summed E-state index contributed by atoms with van der Waals surface area (Å²) in [6.45, 7) is 7.47. The van der Waals surface area contributed by atoms with E-state index in [1.807, 2.05) is 11.4 Å². The molecule has 0 radical (unpaired) electrons. The minimum absolute atomic E-state index is 0.211. The number of rotatable bonds is 6. The number of hydrogen-bond donors (Lipinski definition) is 0. The van der Waals surface area contributed by atoms with E-state index in [9.17, 15) is 4.79 Å². The van der Waals surface area contributed by atoms with E-state index >= 15 is 0 Å². The van der Waals surface area contributed by atoms with Crippen LogP contribution in [0.25, 0.3) is 0 Å². The van der Waals surface area contributed by atoms with Crippen LogP contribution < -0.4 is 0 Å². The summed E-state index contributed by atoms with van der Waals surface area (Å²) in [7, 11) is 0. The Hall–Kier alpha value is -0.870. The third-order valence-corrected chi connectivity index (χ3v) is 3.11. The largest absolute Gasteiger partial charge is 0.460 e. The van der Waals surface area contributed by atoms with Gasteiger partial charge in [-0.2, -0.15) is 0 Å². The summed E-state index contributed by atoms with van der Waals surface area (Å²) in [6, 6.07) is 3.63. The van der Waals surface area contributed by atoms with Crippen molar-refractivity contribution in [3.05, 3.63) is 22.4 Å². The van der Waals surface area contributed by atoms with Crippen LogP contribution in [0.3, 0.4) is 0 Å². The van der Waals surface area contributed by atoms with Gasteiger partial charge in [-0.15, -0.1) is 11.3 Å². The van der Waals surface area contributed by atoms with Crippen LogP contribution in [0.5, 0.6) is 0 Å². The van der Waals surface area contributed by atoms with E-state index in [0.717, 1.165) is 19.6 Å². The van der Waals surface area contributed by atoms with E-state index in [4.69, 9.17) is 4.74 Å². The maximum absolute atomic E-state index is 11.4. The number of ether oxygens (including phenoxy) is 1. The number of thiophene rings is 1. The van der Waals surface area contributed by atoms with Gasteiger partial charge in [-0.1, -0.05) is 19.9 Å². The third-order valence-electron chi connectivity index (χ3n) is 2.26. The molecule has 0 aromatic carbocycles. The molecule has 0 bridgehead atoms. The van der Waals surface area contributed by atoms with Gasteiger partial charge in [-0.05, 0) is 24.5 Å². The molecule has 0 atom stereocenters. The molecule has 1 rings (SSSR count). The summed E-state index contributed by atoms with van der Waals surface area (Å²) in [4.78, 5) is 14.3. The van der Waals surface area contributed by atoms with Gasteiger partial charge < -0.3 is 9.64 Å². The molecule has 1 heterocycles. The van der Waals surface area contributed by atoms with Crippen molar-refractivity contribution in [1.82, 2.24) is 4.90 Å². The Balaban J connectivity index is 2.23. The van der Waals surface area contributed by atoms with Gasteiger partial charge in [-0.3, -0.25) is 0 Å². The zero-order valence-electron chi connectivity index (χ0n) is 9.23. The topological polar surface area (TPSA) is 29.5 Å². The lowest BCUT2D eigenvalue weighted by molar-refractivity contribution is 0.0472. The molecular formula is C11H17NO2S. The molecule has 0 fully saturated rings. The van der Waals surface area contributed by atoms with Gasteiger partial charge in [-0.25, -0.2) is 4.79 Å². The van der Waals surface area contributed by atoms with Crippen LogP contribution in [0.4, 0.5) is 0 Å². The Morgan fingerprint density at radius 2 is 2.20 bits per heavy atom. The van der Waals surface area contributed by atoms with E-state index in [1.54, 1.807) is 6.07 Å². The van der Waals surface area contributed by atoms with E-state index in [2.05, 4.69) is 18.7 Å². The highest BCUT2D eigenvalue weighted by atomic mass is 32.1. The summed E-state index contributed by atoms with van der Waals surface area (Å²) >= 11 is 1.41. The molecule has 0 saturated carbocycles. The average molecular weight is 227 g/mol. The number of esters is 1. The summed E-state index contributed by atoms with van der Waals surface area (Å²) in [6.07, 6.45) is 0. The molecule has 0 saturated heterocycles. The Morgan fingerprint density at radius 3 is 2.73 bits per heavy atom. The maximum Gasteiger partial charge on any atom is 0.348 e. The van der Waals surface area contributed by atoms with Crippen LogP contribution in [-0.2, 0) is 4.74 Å². The van der Waals surface area contributed by atoms with E-state index in [0.29, 0.717) is 11.5 Å². The van der Waals surface area contributed by atoms with Crippen molar-refractivity contribution < 1.29 is 9.53 Å². The van der Waals surface area contributed by atoms with Crippen LogP contribution in [0.15, 0.2) is 17.5 Å². The van der Waals surface area contributed by atoms with Crippen molar-refractivity contribution in [2.24, 2.45) is 0 Å². The Kier molecular flexibility index (Phi) is 5.36. The van der Waals surface area contributed by atoms with Gasteiger partial charge in [0, 0.05) is 6.54 Å². The molecule has 0 aliphatic carbocycles. The van der Waals surface area contributed by atoms with Gasteiger partial charge in [0.15, 0.2) is 0 Å². The molecule has 0 unspecified atom stereocenters. The maximum atomic E-state index is 11.4. The Bertz CT molecular complexity index is 281. The fourth-order valence-corrected chi connectivity index (χ4v) is 1.89. The first kappa shape index (κ1) is 12.2. The molecule has 84 valence electrons. The van der Waals surface area contributed by atoms with Gasteiger partial charge in [0.2, 0.25) is 0 Å². The van der Waals surface area contributed by atoms with Crippen molar-refractivity contribution in [2.75, 3.05) is 26.2 Å². The molecular weight excluding hydrogens is 210 g/mol. The van der Waals surface area contributed by atoms with Gasteiger partial charge in [0.25, 0.3) is 0 Å². The second kappa shape index (κ2) is 6.58. The number of nitrogens with zero attached hydrogens (tertiary/aromatic N) is 1. The van der Waals surface area contributed by atoms with Crippen LogP contribution >= 0.6 is 11.3 Å². The first-order chi connectivity index (χ1) is 7.27. The summed E-state index contributed by atoms with van der Waals surface area (Å²) < 4.78 is 5.15. The molecule has 0 amide bonds. The Labute approximate surface area is 94.7 Å². The van der Waals surface area contributed by atoms with Gasteiger partial charge in [0.05, 0.1) is 0 Å². The molecule has 0 aliphatic rings. The summed E-state index contributed by atoms with van der Waals surface area (Å²) in [5.74, 6) is -0.211. The lowest BCUT2D eigenvalue weighted by atomic mass is 10.4. The lowest BCUT2D eigenvalue weighted by Crippen LogP contribution is -2.27. The predicted octanol–water partition coefficient (Wildman–Crippen LogP) is 2.25. The highest BCUT2D eigenvalue weighted by molar-refractivity contribution is 7.11. The molecule has 1 aromatic heterocycles. The molecule has 0 spiro atoms. The van der Waals surface area contributed by atoms with Crippen molar-refractivity contribution in [1.29, 1.82) is 0 Å². The zero-order chi connectivity index (χ0) is 11.1. The second-order valence-corrected chi connectivity index (χ2v) is 4.09. The third kappa shape index (κ3) is 4.01. The predicted molar refractivity (Wildman–Crippen MR) is 62.4 cm³/mol. The van der Waals surface area contributed by atoms with Gasteiger partial charge >= 0.3 is 5.97 Å². The molecule has 0 aliphatic heterocycles. The highest BCUT2D eigenvalue weighted by Gasteiger charge is 2.08. The molecule has 0 N–H and O–H groups in total. The van der Waals surface area contributed by atoms with Crippen LogP contribution in [0.1, 0.15) is 23.5 Å². The fraction of sp³-hybridized carbons (Fsp3) is 0.545. The minimum atomic E-state index is -0.211. The van der Waals surface area contributed by atoms with Crippen molar-refractivity contribution in [2.45, 2.75) is 13.8 Å². The molecule has 15 heavy (non-hydrogen) atoms. The normalized spacial score (nSPS) is 10.6. The zero-order valence-corrected chi connectivity index (χ0v) is 10.0. The number of likely N-dealkylation sites (N-methyl/N-ethyl adjacent to an activating group) is 1. The SMILES string of the molecule is CCN(CC)CCOC(=O)c1cccs1. The standard InChI is InChI=1S/C11H17NO2S/c1-3-12(4-2)7-8-14-11(13)10-6-5-9-15-10/h5-6,9H,3-4,7-8H2,1-2H3. The Morgan fingerprint density at radius 1 is 1.47 bits per heavy atom. The smallest absolute Gasteiger partial charge is 0.348 e. The monoisotopic (exact) mass is 227 g/mol. The molecule has 1 aromatic rings. The second-order valence-electron chi connectivity index (χ2n) is 3.14. The summed E-state index contributed by atoms with van der Waals surface area (Å²) in [5.41, 5.74) is 0. The van der Waals surface area contributed by atoms with Crippen molar-refractivity contribution in [3.8, 4) is 0 Å². The average Bonchev–Trinajstić information content (AvgIpc) is 2.77. The molecule has 3 nitrogen and oxygen atoms in total. The van der Waals surface area contributed by atoms with E-state index < -0.39 is 0 Å². The van der Waals surface area contributed by atoms with Gasteiger partial charge in [0.1, 0.15) is 11.5 Å². The van der Waals surface area contributed by atoms with Crippen LogP contribution in [0.2, 0.25) is 0 Å². The van der Waals surface area contributed by atoms with Crippen molar-refractivity contribution >= 4 is 17.3 Å². The van der Waals surface area contributed by atoms with E-state index in [-0.39, 0.29) is 5.97 Å². The van der Waals surface area contributed by atoms with E-state index in [1.165, 1.54) is 11.3 Å². The number of carbonyl (C=O) groups excluding carboxylic acids is 1. The highest BCUT2D eigenvalue weighted by Crippen LogP contribution is 2.09. The van der Waals surface area contributed by atoms with Crippen LogP contribution in [-0.4, -0.2) is 37.1 Å². The minimum Gasteiger partial charge on any atom is -0.460 e. The molecule has 4 heteroatoms. The fourth-order valence-electron chi connectivity index (χ4n) is 1.27. The van der Waals surface area contributed by atoms with Crippen LogP contribution in [0, 0.1) is 0 Å². The lowest BCUT2D eigenvalue weighted by Gasteiger charge is -2.17. The summed E-state index contributed by atoms with van der Waals surface area (Å²) in [5, 5.41) is 1.88.